The number of aromatic nitrogens is 2. The molecule has 0 spiro atoms. The van der Waals surface area contributed by atoms with E-state index in [0.717, 1.165) is 0 Å². The van der Waals surface area contributed by atoms with Crippen molar-refractivity contribution in [2.75, 3.05) is 12.4 Å². The monoisotopic (exact) mass is 246 g/mol. The molecule has 92 valence electrons. The minimum Gasteiger partial charge on any atom is -0.439 e. The largest absolute Gasteiger partial charge is 0.439 e. The first-order valence-electron chi connectivity index (χ1n) is 5.11. The molecule has 2 aromatic rings. The Morgan fingerprint density at radius 3 is 2.89 bits per heavy atom. The first kappa shape index (κ1) is 11.8. The lowest BCUT2D eigenvalue weighted by atomic mass is 10.3. The number of nitrogens with zero attached hydrogens (tertiary/aromatic N) is 3. The highest BCUT2D eigenvalue weighted by Gasteiger charge is 2.07. The fourth-order valence-corrected chi connectivity index (χ4v) is 1.31. The Morgan fingerprint density at radius 2 is 2.17 bits per heavy atom. The number of ether oxygens (including phenoxy) is 1. The van der Waals surface area contributed by atoms with Crippen molar-refractivity contribution in [3.8, 4) is 11.6 Å². The summed E-state index contributed by atoms with van der Waals surface area (Å²) in [4.78, 5) is 18.0. The van der Waals surface area contributed by atoms with Gasteiger partial charge in [-0.1, -0.05) is 6.07 Å². The van der Waals surface area contributed by atoms with Crippen LogP contribution in [0.5, 0.6) is 11.6 Å². The lowest BCUT2D eigenvalue weighted by Crippen LogP contribution is -1.95. The molecule has 1 N–H and O–H groups in total. The fraction of sp³-hybridized carbons (Fsp3) is 0.0909. The number of nitrogens with one attached hydrogen (secondary N) is 1. The van der Waals surface area contributed by atoms with Gasteiger partial charge >= 0.3 is 0 Å². The van der Waals surface area contributed by atoms with E-state index >= 15 is 0 Å². The molecular weight excluding hydrogens is 236 g/mol. The Balaban J connectivity index is 2.22. The normalized spacial score (nSPS) is 9.83. The van der Waals surface area contributed by atoms with E-state index in [1.54, 1.807) is 25.2 Å². The zero-order valence-electron chi connectivity index (χ0n) is 9.53. The van der Waals surface area contributed by atoms with Crippen molar-refractivity contribution in [2.24, 2.45) is 0 Å². The van der Waals surface area contributed by atoms with E-state index < -0.39 is 4.92 Å². The number of hydrogen-bond donors (Lipinski definition) is 1. The summed E-state index contributed by atoms with van der Waals surface area (Å²) in [6.07, 6.45) is 1.35. The van der Waals surface area contributed by atoms with Crippen LogP contribution in [-0.4, -0.2) is 21.9 Å². The molecule has 7 heteroatoms. The van der Waals surface area contributed by atoms with Gasteiger partial charge in [-0.3, -0.25) is 10.1 Å². The van der Waals surface area contributed by atoms with Crippen LogP contribution in [0, 0.1) is 10.1 Å². The van der Waals surface area contributed by atoms with Gasteiger partial charge in [0.1, 0.15) is 17.9 Å². The highest BCUT2D eigenvalue weighted by Crippen LogP contribution is 2.24. The summed E-state index contributed by atoms with van der Waals surface area (Å²) in [5.74, 6) is 1.27. The van der Waals surface area contributed by atoms with Gasteiger partial charge in [0.25, 0.3) is 5.69 Å². The average Bonchev–Trinajstić information content (AvgIpc) is 2.39. The zero-order chi connectivity index (χ0) is 13.0. The molecule has 2 rings (SSSR count). The van der Waals surface area contributed by atoms with Gasteiger partial charge in [0.15, 0.2) is 0 Å². The molecule has 0 radical (unpaired) electrons. The molecule has 0 saturated carbocycles. The molecule has 0 bridgehead atoms. The van der Waals surface area contributed by atoms with E-state index in [2.05, 4.69) is 15.3 Å². The Bertz CT molecular complexity index is 574. The number of nitro groups is 1. The summed E-state index contributed by atoms with van der Waals surface area (Å²) in [6.45, 7) is 0. The summed E-state index contributed by atoms with van der Waals surface area (Å²) in [5, 5.41) is 13.5. The second-order valence-corrected chi connectivity index (χ2v) is 3.35. The van der Waals surface area contributed by atoms with E-state index in [-0.39, 0.29) is 5.69 Å². The number of anilines is 1. The second kappa shape index (κ2) is 5.09. The Hall–Kier alpha value is -2.70. The quantitative estimate of drug-likeness (QED) is 0.657. The predicted molar refractivity (Wildman–Crippen MR) is 64.7 cm³/mol. The van der Waals surface area contributed by atoms with Gasteiger partial charge < -0.3 is 10.1 Å². The van der Waals surface area contributed by atoms with Gasteiger partial charge in [-0.2, -0.15) is 0 Å². The number of rotatable bonds is 4. The molecule has 7 nitrogen and oxygen atoms in total. The molecule has 1 heterocycles. The zero-order valence-corrected chi connectivity index (χ0v) is 9.53. The molecule has 1 aromatic heterocycles. The molecule has 1 aromatic carbocycles. The van der Waals surface area contributed by atoms with Crippen molar-refractivity contribution in [1.82, 2.24) is 9.97 Å². The molecule has 18 heavy (non-hydrogen) atoms. The molecular formula is C11H10N4O3. The Kier molecular flexibility index (Phi) is 3.33. The third-order valence-electron chi connectivity index (χ3n) is 2.15. The van der Waals surface area contributed by atoms with Crippen LogP contribution in [0.1, 0.15) is 0 Å². The van der Waals surface area contributed by atoms with Crippen LogP contribution in [-0.2, 0) is 0 Å². The number of hydrogen-bond acceptors (Lipinski definition) is 6. The minimum absolute atomic E-state index is 0.0320. The van der Waals surface area contributed by atoms with E-state index in [1.165, 1.54) is 18.5 Å². The van der Waals surface area contributed by atoms with Gasteiger partial charge in [-0.25, -0.2) is 9.97 Å². The molecule has 0 aliphatic carbocycles. The summed E-state index contributed by atoms with van der Waals surface area (Å²) >= 11 is 0. The standard InChI is InChI=1S/C11H10N4O3/c1-12-10-6-11(14-7-13-10)18-9-4-2-3-8(5-9)15(16)17/h2-7H,1H3,(H,12,13,14). The average molecular weight is 246 g/mol. The molecule has 0 aliphatic heterocycles. The number of benzene rings is 1. The third kappa shape index (κ3) is 2.70. The van der Waals surface area contributed by atoms with Crippen LogP contribution in [0.3, 0.4) is 0 Å². The van der Waals surface area contributed by atoms with Crippen LogP contribution in [0.4, 0.5) is 11.5 Å². The molecule has 0 unspecified atom stereocenters. The SMILES string of the molecule is CNc1cc(Oc2cccc([N+](=O)[O-])c2)ncn1. The van der Waals surface area contributed by atoms with Gasteiger partial charge in [0.05, 0.1) is 11.0 Å². The molecule has 0 aliphatic rings. The lowest BCUT2D eigenvalue weighted by molar-refractivity contribution is -0.384. The van der Waals surface area contributed by atoms with Crippen molar-refractivity contribution in [3.63, 3.8) is 0 Å². The first-order chi connectivity index (χ1) is 8.69. The lowest BCUT2D eigenvalue weighted by Gasteiger charge is -2.05. The summed E-state index contributed by atoms with van der Waals surface area (Å²) in [5.41, 5.74) is -0.0320. The highest BCUT2D eigenvalue weighted by atomic mass is 16.6. The van der Waals surface area contributed by atoms with Crippen molar-refractivity contribution in [3.05, 3.63) is 46.8 Å². The van der Waals surface area contributed by atoms with Crippen molar-refractivity contribution in [1.29, 1.82) is 0 Å². The van der Waals surface area contributed by atoms with E-state index in [1.807, 2.05) is 0 Å². The Labute approximate surface area is 103 Å². The minimum atomic E-state index is -0.480. The second-order valence-electron chi connectivity index (χ2n) is 3.35. The Morgan fingerprint density at radius 1 is 1.33 bits per heavy atom. The first-order valence-corrected chi connectivity index (χ1v) is 5.11. The molecule has 0 amide bonds. The van der Waals surface area contributed by atoms with E-state index in [4.69, 9.17) is 4.74 Å². The number of non-ortho nitro benzene ring substituents is 1. The fourth-order valence-electron chi connectivity index (χ4n) is 1.31. The third-order valence-corrected chi connectivity index (χ3v) is 2.15. The van der Waals surface area contributed by atoms with Gasteiger partial charge in [-0.15, -0.1) is 0 Å². The van der Waals surface area contributed by atoms with Crippen LogP contribution in [0.25, 0.3) is 0 Å². The number of nitro benzene ring substituents is 1. The summed E-state index contributed by atoms with van der Waals surface area (Å²) < 4.78 is 5.42. The summed E-state index contributed by atoms with van der Waals surface area (Å²) in [6, 6.07) is 7.49. The molecule has 0 atom stereocenters. The van der Waals surface area contributed by atoms with E-state index in [9.17, 15) is 10.1 Å². The maximum atomic E-state index is 10.6. The smallest absolute Gasteiger partial charge is 0.273 e. The van der Waals surface area contributed by atoms with Crippen molar-refractivity contribution < 1.29 is 9.66 Å². The summed E-state index contributed by atoms with van der Waals surface area (Å²) in [7, 11) is 1.72. The van der Waals surface area contributed by atoms with Crippen LogP contribution in [0.2, 0.25) is 0 Å². The van der Waals surface area contributed by atoms with Crippen LogP contribution >= 0.6 is 0 Å². The topological polar surface area (TPSA) is 90.2 Å². The van der Waals surface area contributed by atoms with Crippen LogP contribution < -0.4 is 10.1 Å². The highest BCUT2D eigenvalue weighted by molar-refractivity contribution is 5.41. The molecule has 0 saturated heterocycles. The molecule has 0 fully saturated rings. The van der Waals surface area contributed by atoms with Gasteiger partial charge in [-0.05, 0) is 6.07 Å². The van der Waals surface area contributed by atoms with Gasteiger partial charge in [0.2, 0.25) is 5.88 Å². The maximum absolute atomic E-state index is 10.6. The maximum Gasteiger partial charge on any atom is 0.273 e. The van der Waals surface area contributed by atoms with Crippen molar-refractivity contribution >= 4 is 11.5 Å². The van der Waals surface area contributed by atoms with Crippen LogP contribution in [0.15, 0.2) is 36.7 Å². The van der Waals surface area contributed by atoms with Gasteiger partial charge in [0, 0.05) is 19.2 Å². The predicted octanol–water partition coefficient (Wildman–Crippen LogP) is 2.22. The van der Waals surface area contributed by atoms with Crippen molar-refractivity contribution in [2.45, 2.75) is 0 Å². The van der Waals surface area contributed by atoms with E-state index in [0.29, 0.717) is 17.4 Å².